The number of nitrogens with zero attached hydrogens (tertiary/aromatic N) is 1. The molecule has 0 bridgehead atoms. The van der Waals surface area contributed by atoms with Crippen LogP contribution in [0.5, 0.6) is 0 Å². The number of aliphatic hydroxyl groups excluding tert-OH is 2. The van der Waals surface area contributed by atoms with Gasteiger partial charge < -0.3 is 24.7 Å². The number of aryl methyl sites for hydroxylation is 1. The van der Waals surface area contributed by atoms with Crippen molar-refractivity contribution in [2.24, 2.45) is 0 Å². The fourth-order valence-corrected chi connectivity index (χ4v) is 4.50. The smallest absolute Gasteiger partial charge is 0.550 e. The zero-order valence-electron chi connectivity index (χ0n) is 19.4. The fraction of sp³-hybridized carbons (Fsp3) is 0.500. The average Bonchev–Trinajstić information content (AvgIpc) is 3.24. The van der Waals surface area contributed by atoms with Gasteiger partial charge in [0.15, 0.2) is 0 Å². The van der Waals surface area contributed by atoms with Crippen molar-refractivity contribution in [3.63, 3.8) is 0 Å². The number of unbranched alkanes of at least 4 members (excludes halogenated alkanes) is 3. The van der Waals surface area contributed by atoms with Gasteiger partial charge in [-0.15, -0.1) is 0 Å². The minimum Gasteiger partial charge on any atom is -0.550 e. The van der Waals surface area contributed by atoms with E-state index in [0.29, 0.717) is 12.8 Å². The van der Waals surface area contributed by atoms with E-state index in [1.807, 2.05) is 30.4 Å². The van der Waals surface area contributed by atoms with Gasteiger partial charge in [0.25, 0.3) is 0 Å². The van der Waals surface area contributed by atoms with Crippen LogP contribution in [-0.4, -0.2) is 33.0 Å². The molecule has 1 heterocycles. The van der Waals surface area contributed by atoms with Gasteiger partial charge in [0.05, 0.1) is 12.2 Å². The van der Waals surface area contributed by atoms with Crippen LogP contribution in [0.15, 0.2) is 48.6 Å². The SMILES string of the molecule is CCCCC[C@H](O)/C=C/[C@@H]1c2cc(CCCCC(=O)[O-])n(-c3ccccc3)c2C[C@H]1O.[K+]. The Labute approximate surface area is 234 Å². The van der Waals surface area contributed by atoms with Crippen LogP contribution in [0.4, 0.5) is 0 Å². The second-order valence-electron chi connectivity index (χ2n) is 8.53. The first-order chi connectivity index (χ1) is 15.0. The van der Waals surface area contributed by atoms with Crippen molar-refractivity contribution in [2.75, 3.05) is 0 Å². The summed E-state index contributed by atoms with van der Waals surface area (Å²) >= 11 is 0. The van der Waals surface area contributed by atoms with Gasteiger partial charge in [-0.3, -0.25) is 0 Å². The minimum atomic E-state index is -1.01. The number of carbonyl (C=O) groups is 1. The van der Waals surface area contributed by atoms with Gasteiger partial charge in [0, 0.05) is 35.4 Å². The van der Waals surface area contributed by atoms with Gasteiger partial charge in [-0.1, -0.05) is 56.5 Å². The van der Waals surface area contributed by atoms with Crippen LogP contribution in [0.1, 0.15) is 74.7 Å². The molecule has 1 aromatic heterocycles. The molecule has 2 aromatic rings. The number of hydrogen-bond donors (Lipinski definition) is 2. The number of carboxylic acid groups (broad SMARTS) is 1. The number of benzene rings is 1. The molecule has 1 aliphatic carbocycles. The third-order valence-corrected chi connectivity index (χ3v) is 6.11. The summed E-state index contributed by atoms with van der Waals surface area (Å²) in [4.78, 5) is 10.7. The molecular formula is C26H34KNO4. The second kappa shape index (κ2) is 13.8. The van der Waals surface area contributed by atoms with E-state index in [-0.39, 0.29) is 63.7 Å². The number of hydrogen-bond acceptors (Lipinski definition) is 4. The van der Waals surface area contributed by atoms with E-state index >= 15 is 0 Å². The largest absolute Gasteiger partial charge is 1.00 e. The average molecular weight is 464 g/mol. The first kappa shape index (κ1) is 27.5. The Kier molecular flexibility index (Phi) is 11.9. The number of carboxylic acids is 1. The van der Waals surface area contributed by atoms with E-state index in [1.54, 1.807) is 0 Å². The summed E-state index contributed by atoms with van der Waals surface area (Å²) in [6, 6.07) is 12.2. The molecule has 0 amide bonds. The Hall–Kier alpha value is -0.734. The monoisotopic (exact) mass is 463 g/mol. The molecule has 0 saturated heterocycles. The van der Waals surface area contributed by atoms with Crippen molar-refractivity contribution in [2.45, 2.75) is 82.8 Å². The van der Waals surface area contributed by atoms with Crippen molar-refractivity contribution in [3.8, 4) is 5.69 Å². The first-order valence-corrected chi connectivity index (χ1v) is 11.5. The molecule has 3 atom stereocenters. The van der Waals surface area contributed by atoms with E-state index in [0.717, 1.165) is 61.2 Å². The molecule has 1 aliphatic rings. The minimum absolute atomic E-state index is 0. The van der Waals surface area contributed by atoms with Crippen molar-refractivity contribution in [1.82, 2.24) is 4.57 Å². The quantitative estimate of drug-likeness (QED) is 0.272. The fourth-order valence-electron chi connectivity index (χ4n) is 4.50. The molecule has 0 aliphatic heterocycles. The summed E-state index contributed by atoms with van der Waals surface area (Å²) in [5.74, 6) is -1.14. The zero-order valence-corrected chi connectivity index (χ0v) is 22.5. The Balaban J connectivity index is 0.00000363. The predicted octanol–water partition coefficient (Wildman–Crippen LogP) is 0.442. The van der Waals surface area contributed by atoms with Gasteiger partial charge in [0.2, 0.25) is 0 Å². The van der Waals surface area contributed by atoms with Gasteiger partial charge >= 0.3 is 51.4 Å². The van der Waals surface area contributed by atoms with E-state index in [4.69, 9.17) is 0 Å². The summed E-state index contributed by atoms with van der Waals surface area (Å²) in [6.45, 7) is 2.15. The van der Waals surface area contributed by atoms with Crippen LogP contribution >= 0.6 is 0 Å². The molecule has 0 spiro atoms. The van der Waals surface area contributed by atoms with Crippen molar-refractivity contribution < 1.29 is 71.5 Å². The molecular weight excluding hydrogens is 429 g/mol. The van der Waals surface area contributed by atoms with Crippen molar-refractivity contribution in [3.05, 3.63) is 65.5 Å². The summed E-state index contributed by atoms with van der Waals surface area (Å²) in [5.41, 5.74) is 4.38. The third-order valence-electron chi connectivity index (χ3n) is 6.11. The standard InChI is InChI=1S/C26H35NO4.K/c1-2-3-5-13-21(28)15-16-22-23-17-20(12-8-9-14-26(30)31)27(24(23)18-25(22)29)19-10-6-4-7-11-19;/h4,6-7,10-11,15-17,21-22,25,28-29H,2-3,5,8-9,12-14,18H2,1H3,(H,30,31);/q;+1/p-1/b16-15+;/t21-,22+,25+;/m0./s1. The summed E-state index contributed by atoms with van der Waals surface area (Å²) in [6.07, 6.45) is 9.54. The zero-order chi connectivity index (χ0) is 22.2. The number of fused-ring (bicyclic) bond motifs is 1. The molecule has 0 radical (unpaired) electrons. The number of aliphatic carboxylic acids is 1. The summed E-state index contributed by atoms with van der Waals surface area (Å²) in [5, 5.41) is 31.7. The van der Waals surface area contributed by atoms with E-state index in [2.05, 4.69) is 29.7 Å². The first-order valence-electron chi connectivity index (χ1n) is 11.5. The molecule has 6 heteroatoms. The maximum Gasteiger partial charge on any atom is 1.00 e. The number of carbonyl (C=O) groups excluding carboxylic acids is 1. The molecule has 1 aromatic carbocycles. The molecule has 2 N–H and O–H groups in total. The Morgan fingerprint density at radius 1 is 1.22 bits per heavy atom. The normalized spacial score (nSPS) is 18.5. The summed E-state index contributed by atoms with van der Waals surface area (Å²) < 4.78 is 2.21. The van der Waals surface area contributed by atoms with Crippen molar-refractivity contribution >= 4 is 5.97 Å². The molecule has 0 saturated carbocycles. The maximum absolute atomic E-state index is 10.7. The van der Waals surface area contributed by atoms with E-state index in [1.165, 1.54) is 0 Å². The third kappa shape index (κ3) is 7.39. The Morgan fingerprint density at radius 3 is 2.66 bits per heavy atom. The van der Waals surface area contributed by atoms with Gasteiger partial charge in [0.1, 0.15) is 0 Å². The maximum atomic E-state index is 10.7. The van der Waals surface area contributed by atoms with Crippen LogP contribution in [0.2, 0.25) is 0 Å². The van der Waals surface area contributed by atoms with Crippen LogP contribution in [0, 0.1) is 0 Å². The van der Waals surface area contributed by atoms with Crippen LogP contribution < -0.4 is 56.5 Å². The molecule has 0 fully saturated rings. The van der Waals surface area contributed by atoms with Gasteiger partial charge in [-0.25, -0.2) is 0 Å². The number of aliphatic hydroxyl groups is 2. The van der Waals surface area contributed by atoms with Crippen LogP contribution in [0.25, 0.3) is 5.69 Å². The molecule has 3 rings (SSSR count). The van der Waals surface area contributed by atoms with Crippen molar-refractivity contribution in [1.29, 1.82) is 0 Å². The van der Waals surface area contributed by atoms with Gasteiger partial charge in [-0.2, -0.15) is 0 Å². The van der Waals surface area contributed by atoms with E-state index in [9.17, 15) is 20.1 Å². The van der Waals surface area contributed by atoms with Crippen LogP contribution in [-0.2, 0) is 17.6 Å². The Bertz CT molecular complexity index is 877. The number of aromatic nitrogens is 1. The number of rotatable bonds is 12. The topological polar surface area (TPSA) is 85.5 Å². The molecule has 32 heavy (non-hydrogen) atoms. The Morgan fingerprint density at radius 2 is 1.97 bits per heavy atom. The number of para-hydroxylation sites is 1. The second-order valence-corrected chi connectivity index (χ2v) is 8.53. The predicted molar refractivity (Wildman–Crippen MR) is 120 cm³/mol. The van der Waals surface area contributed by atoms with E-state index < -0.39 is 18.2 Å². The van der Waals surface area contributed by atoms with Gasteiger partial charge in [-0.05, 0) is 55.9 Å². The van der Waals surface area contributed by atoms with Crippen LogP contribution in [0.3, 0.4) is 0 Å². The molecule has 5 nitrogen and oxygen atoms in total. The summed E-state index contributed by atoms with van der Waals surface area (Å²) in [7, 11) is 0. The molecule has 168 valence electrons. The molecule has 0 unspecified atom stereocenters.